The molecule has 2 aromatic heterocycles. The molecule has 0 saturated heterocycles. The lowest BCUT2D eigenvalue weighted by atomic mass is 10.3. The Morgan fingerprint density at radius 3 is 2.78 bits per heavy atom. The van der Waals surface area contributed by atoms with Crippen LogP contribution in [-0.2, 0) is 20.1 Å². The predicted molar refractivity (Wildman–Crippen MR) is 69.3 cm³/mol. The van der Waals surface area contributed by atoms with Crippen molar-refractivity contribution in [1.82, 2.24) is 14.8 Å². The minimum Gasteiger partial charge on any atom is -0.486 e. The Kier molecular flexibility index (Phi) is 3.94. The van der Waals surface area contributed by atoms with Crippen LogP contribution in [0.15, 0.2) is 24.4 Å². The van der Waals surface area contributed by atoms with Gasteiger partial charge in [0.15, 0.2) is 0 Å². The van der Waals surface area contributed by atoms with Crippen molar-refractivity contribution in [3.05, 3.63) is 41.5 Å². The number of pyridine rings is 1. The van der Waals surface area contributed by atoms with Gasteiger partial charge in [0.05, 0.1) is 17.6 Å². The summed E-state index contributed by atoms with van der Waals surface area (Å²) < 4.78 is 7.49. The molecule has 0 radical (unpaired) electrons. The highest BCUT2D eigenvalue weighted by Crippen LogP contribution is 2.12. The third-order valence-electron chi connectivity index (χ3n) is 2.68. The molecule has 2 rings (SSSR count). The van der Waals surface area contributed by atoms with Gasteiger partial charge in [-0.1, -0.05) is 0 Å². The van der Waals surface area contributed by atoms with Gasteiger partial charge in [0.2, 0.25) is 0 Å². The second-order valence-electron chi connectivity index (χ2n) is 4.21. The van der Waals surface area contributed by atoms with Crippen molar-refractivity contribution < 1.29 is 4.74 Å². The number of aryl methyl sites for hydroxylation is 2. The second-order valence-corrected chi connectivity index (χ2v) is 4.21. The number of nitrogens with zero attached hydrogens (tertiary/aromatic N) is 3. The highest BCUT2D eigenvalue weighted by molar-refractivity contribution is 5.20. The summed E-state index contributed by atoms with van der Waals surface area (Å²) in [7, 11) is 1.91. The van der Waals surface area contributed by atoms with E-state index in [-0.39, 0.29) is 0 Å². The Bertz CT molecular complexity index is 504. The molecule has 0 spiro atoms. The number of ether oxygens (including phenoxy) is 1. The topological polar surface area (TPSA) is 66.0 Å². The molecule has 0 aliphatic carbocycles. The molecule has 2 heterocycles. The molecule has 0 aliphatic rings. The van der Waals surface area contributed by atoms with Gasteiger partial charge < -0.3 is 10.5 Å². The van der Waals surface area contributed by atoms with Crippen molar-refractivity contribution in [3.63, 3.8) is 0 Å². The molecular weight excluding hydrogens is 228 g/mol. The van der Waals surface area contributed by atoms with Crippen molar-refractivity contribution in [3.8, 4) is 5.75 Å². The maximum absolute atomic E-state index is 5.66. The number of rotatable bonds is 5. The van der Waals surface area contributed by atoms with Crippen LogP contribution in [0.2, 0.25) is 0 Å². The lowest BCUT2D eigenvalue weighted by molar-refractivity contribution is 0.293. The first kappa shape index (κ1) is 12.6. The lowest BCUT2D eigenvalue weighted by Gasteiger charge is -2.06. The highest BCUT2D eigenvalue weighted by atomic mass is 16.5. The number of hydrogen-bond donors (Lipinski definition) is 1. The van der Waals surface area contributed by atoms with Crippen LogP contribution >= 0.6 is 0 Å². The van der Waals surface area contributed by atoms with Crippen molar-refractivity contribution in [1.29, 1.82) is 0 Å². The quantitative estimate of drug-likeness (QED) is 0.861. The summed E-state index contributed by atoms with van der Waals surface area (Å²) in [5.74, 6) is 0.759. The molecule has 0 amide bonds. The van der Waals surface area contributed by atoms with E-state index >= 15 is 0 Å². The Balaban J connectivity index is 1.95. The van der Waals surface area contributed by atoms with E-state index in [1.165, 1.54) is 0 Å². The van der Waals surface area contributed by atoms with Crippen LogP contribution in [0, 0.1) is 6.92 Å². The fourth-order valence-electron chi connectivity index (χ4n) is 1.75. The average Bonchev–Trinajstić information content (AvgIpc) is 2.67. The molecule has 5 heteroatoms. The van der Waals surface area contributed by atoms with Crippen LogP contribution < -0.4 is 10.5 Å². The van der Waals surface area contributed by atoms with Gasteiger partial charge in [-0.25, -0.2) is 0 Å². The van der Waals surface area contributed by atoms with E-state index in [9.17, 15) is 0 Å². The Morgan fingerprint density at radius 2 is 2.22 bits per heavy atom. The van der Waals surface area contributed by atoms with E-state index in [1.807, 2.05) is 36.9 Å². The zero-order chi connectivity index (χ0) is 13.0. The molecule has 2 N–H and O–H groups in total. The summed E-state index contributed by atoms with van der Waals surface area (Å²) in [5.41, 5.74) is 8.49. The summed E-state index contributed by atoms with van der Waals surface area (Å²) in [6.45, 7) is 3.07. The van der Waals surface area contributed by atoms with E-state index in [0.717, 1.165) is 29.3 Å². The zero-order valence-corrected chi connectivity index (χ0v) is 10.8. The SMILES string of the molecule is Cc1cc(COc2ccc(CCN)nc2)n(C)n1. The summed E-state index contributed by atoms with van der Waals surface area (Å²) >= 11 is 0. The minimum atomic E-state index is 0.495. The third kappa shape index (κ3) is 3.07. The summed E-state index contributed by atoms with van der Waals surface area (Å²) in [5, 5.41) is 4.27. The molecule has 5 nitrogen and oxygen atoms in total. The number of hydrogen-bond acceptors (Lipinski definition) is 4. The normalized spacial score (nSPS) is 10.6. The lowest BCUT2D eigenvalue weighted by Crippen LogP contribution is -2.05. The van der Waals surface area contributed by atoms with Crippen molar-refractivity contribution >= 4 is 0 Å². The monoisotopic (exact) mass is 246 g/mol. The van der Waals surface area contributed by atoms with Gasteiger partial charge in [-0.05, 0) is 31.7 Å². The Morgan fingerprint density at radius 1 is 1.39 bits per heavy atom. The maximum atomic E-state index is 5.66. The molecule has 0 aromatic carbocycles. The van der Waals surface area contributed by atoms with E-state index in [2.05, 4.69) is 10.1 Å². The highest BCUT2D eigenvalue weighted by Gasteiger charge is 2.03. The molecule has 0 unspecified atom stereocenters. The van der Waals surface area contributed by atoms with E-state index in [0.29, 0.717) is 13.2 Å². The van der Waals surface area contributed by atoms with Crippen molar-refractivity contribution in [2.75, 3.05) is 6.54 Å². The van der Waals surface area contributed by atoms with E-state index in [1.54, 1.807) is 6.20 Å². The van der Waals surface area contributed by atoms with Crippen molar-refractivity contribution in [2.24, 2.45) is 12.8 Å². The largest absolute Gasteiger partial charge is 0.486 e. The van der Waals surface area contributed by atoms with Gasteiger partial charge >= 0.3 is 0 Å². The smallest absolute Gasteiger partial charge is 0.138 e. The standard InChI is InChI=1S/C13H18N4O/c1-10-7-12(17(2)16-10)9-18-13-4-3-11(5-6-14)15-8-13/h3-4,7-8H,5-6,9,14H2,1-2H3. The van der Waals surface area contributed by atoms with Gasteiger partial charge in [-0.3, -0.25) is 9.67 Å². The van der Waals surface area contributed by atoms with Gasteiger partial charge in [0.25, 0.3) is 0 Å². The predicted octanol–water partition coefficient (Wildman–Crippen LogP) is 1.20. The summed E-state index contributed by atoms with van der Waals surface area (Å²) in [6.07, 6.45) is 2.52. The van der Waals surface area contributed by atoms with Gasteiger partial charge in [0.1, 0.15) is 12.4 Å². The second kappa shape index (κ2) is 5.64. The van der Waals surface area contributed by atoms with Gasteiger partial charge in [-0.2, -0.15) is 5.10 Å². The number of aromatic nitrogens is 3. The molecule has 0 aliphatic heterocycles. The molecule has 0 bridgehead atoms. The molecule has 0 fully saturated rings. The van der Waals surface area contributed by atoms with Crippen LogP contribution in [0.1, 0.15) is 17.1 Å². The molecule has 2 aromatic rings. The first-order chi connectivity index (χ1) is 8.69. The molecule has 0 saturated carbocycles. The van der Waals surface area contributed by atoms with Crippen LogP contribution in [0.4, 0.5) is 0 Å². The van der Waals surface area contributed by atoms with Crippen molar-refractivity contribution in [2.45, 2.75) is 20.0 Å². The molecular formula is C13H18N4O. The first-order valence-electron chi connectivity index (χ1n) is 5.96. The minimum absolute atomic E-state index is 0.495. The van der Waals surface area contributed by atoms with Crippen LogP contribution in [-0.4, -0.2) is 21.3 Å². The molecule has 96 valence electrons. The van der Waals surface area contributed by atoms with Crippen LogP contribution in [0.25, 0.3) is 0 Å². The summed E-state index contributed by atoms with van der Waals surface area (Å²) in [4.78, 5) is 4.28. The van der Waals surface area contributed by atoms with Crippen LogP contribution in [0.5, 0.6) is 5.75 Å². The third-order valence-corrected chi connectivity index (χ3v) is 2.68. The van der Waals surface area contributed by atoms with Gasteiger partial charge in [0, 0.05) is 19.2 Å². The summed E-state index contributed by atoms with van der Waals surface area (Å²) in [6, 6.07) is 5.87. The zero-order valence-electron chi connectivity index (χ0n) is 10.8. The number of nitrogens with two attached hydrogens (primary N) is 1. The average molecular weight is 246 g/mol. The fourth-order valence-corrected chi connectivity index (χ4v) is 1.75. The molecule has 18 heavy (non-hydrogen) atoms. The first-order valence-corrected chi connectivity index (χ1v) is 5.96. The van der Waals surface area contributed by atoms with Crippen LogP contribution in [0.3, 0.4) is 0 Å². The Hall–Kier alpha value is -1.88. The van der Waals surface area contributed by atoms with E-state index in [4.69, 9.17) is 10.5 Å². The molecule has 0 atom stereocenters. The maximum Gasteiger partial charge on any atom is 0.138 e. The van der Waals surface area contributed by atoms with E-state index < -0.39 is 0 Å². The fraction of sp³-hybridized carbons (Fsp3) is 0.385. The van der Waals surface area contributed by atoms with Gasteiger partial charge in [-0.15, -0.1) is 0 Å². The Labute approximate surface area is 107 Å².